The number of Topliss-reactive ketones (excluding diaryl/α,β-unsaturated/α-hetero) is 1. The normalized spacial score (nSPS) is 16.6. The Hall–Kier alpha value is -1.84. The van der Waals surface area contributed by atoms with E-state index in [2.05, 4.69) is 10.2 Å². The molecule has 0 bridgehead atoms. The van der Waals surface area contributed by atoms with Gasteiger partial charge in [0.15, 0.2) is 11.6 Å². The molecule has 82 valence electrons. The summed E-state index contributed by atoms with van der Waals surface area (Å²) in [4.78, 5) is 24.0. The van der Waals surface area contributed by atoms with E-state index in [0.717, 1.165) is 0 Å². The van der Waals surface area contributed by atoms with Crippen molar-refractivity contribution < 1.29 is 11.0 Å². The van der Waals surface area contributed by atoms with Crippen molar-refractivity contribution >= 4 is 11.6 Å². The fraction of sp³-hybridized carbons (Fsp3) is 0.333. The third-order valence-electron chi connectivity index (χ3n) is 2.37. The standard InChI is InChI=1S/C12H12N2O2/c1-7(2)3-8-4-11(15)9-5-13-14-6-10(9)12(8)16/h4-7H,3H2,1-2H3/i4D. The molecule has 0 atom stereocenters. The van der Waals surface area contributed by atoms with Crippen molar-refractivity contribution in [1.82, 2.24) is 10.2 Å². The van der Waals surface area contributed by atoms with Gasteiger partial charge in [-0.15, -0.1) is 0 Å². The lowest BCUT2D eigenvalue weighted by molar-refractivity contribution is 0.0979. The number of fused-ring (bicyclic) bond motifs is 1. The van der Waals surface area contributed by atoms with Crippen LogP contribution in [0.15, 0.2) is 24.0 Å². The second-order valence-electron chi connectivity index (χ2n) is 4.18. The molecule has 1 aliphatic carbocycles. The smallest absolute Gasteiger partial charge is 0.191 e. The van der Waals surface area contributed by atoms with Crippen LogP contribution in [0.3, 0.4) is 0 Å². The van der Waals surface area contributed by atoms with Gasteiger partial charge in [-0.1, -0.05) is 13.8 Å². The highest BCUT2D eigenvalue weighted by atomic mass is 16.1. The summed E-state index contributed by atoms with van der Waals surface area (Å²) in [6, 6.07) is -0.204. The van der Waals surface area contributed by atoms with Gasteiger partial charge in [0.2, 0.25) is 0 Å². The zero-order valence-electron chi connectivity index (χ0n) is 10.2. The molecule has 4 nitrogen and oxygen atoms in total. The van der Waals surface area contributed by atoms with Crippen molar-refractivity contribution in [2.24, 2.45) is 5.92 Å². The summed E-state index contributed by atoms with van der Waals surface area (Å²) in [6.07, 6.45) is 2.98. The van der Waals surface area contributed by atoms with Crippen molar-refractivity contribution in [2.75, 3.05) is 0 Å². The SMILES string of the molecule is [2H]C1=C(CC(C)C)C(=O)c2cnncc2C1=O. The minimum Gasteiger partial charge on any atom is -0.289 e. The van der Waals surface area contributed by atoms with Crippen LogP contribution in [0.2, 0.25) is 0 Å². The van der Waals surface area contributed by atoms with Gasteiger partial charge < -0.3 is 0 Å². The molecule has 0 saturated heterocycles. The second kappa shape index (κ2) is 3.96. The van der Waals surface area contributed by atoms with Crippen LogP contribution in [-0.2, 0) is 0 Å². The van der Waals surface area contributed by atoms with Gasteiger partial charge in [-0.3, -0.25) is 9.59 Å². The Morgan fingerprint density at radius 1 is 1.25 bits per heavy atom. The molecule has 1 aromatic heterocycles. The molecule has 0 amide bonds. The molecular formula is C12H12N2O2. The van der Waals surface area contributed by atoms with Crippen molar-refractivity contribution in [3.05, 3.63) is 35.1 Å². The monoisotopic (exact) mass is 217 g/mol. The highest BCUT2D eigenvalue weighted by Crippen LogP contribution is 2.23. The van der Waals surface area contributed by atoms with Gasteiger partial charge in [0, 0.05) is 5.57 Å². The number of nitrogens with zero attached hydrogens (tertiary/aromatic N) is 2. The van der Waals surface area contributed by atoms with Crippen molar-refractivity contribution in [3.63, 3.8) is 0 Å². The van der Waals surface area contributed by atoms with Gasteiger partial charge in [0.05, 0.1) is 24.9 Å². The Kier molecular flexibility index (Phi) is 2.33. The maximum Gasteiger partial charge on any atom is 0.191 e. The summed E-state index contributed by atoms with van der Waals surface area (Å²) in [5.41, 5.74) is 0.727. The average molecular weight is 217 g/mol. The van der Waals surface area contributed by atoms with E-state index in [4.69, 9.17) is 1.37 Å². The topological polar surface area (TPSA) is 59.9 Å². The lowest BCUT2D eigenvalue weighted by Gasteiger charge is -2.15. The summed E-state index contributed by atoms with van der Waals surface area (Å²) in [5, 5.41) is 7.19. The number of hydrogen-bond donors (Lipinski definition) is 0. The number of ketones is 2. The van der Waals surface area contributed by atoms with Crippen LogP contribution in [0.25, 0.3) is 0 Å². The lowest BCUT2D eigenvalue weighted by Crippen LogP contribution is -2.18. The highest BCUT2D eigenvalue weighted by molar-refractivity contribution is 6.24. The number of hydrogen-bond acceptors (Lipinski definition) is 4. The third kappa shape index (κ3) is 1.78. The van der Waals surface area contributed by atoms with Crippen molar-refractivity contribution in [1.29, 1.82) is 0 Å². The Balaban J connectivity index is 2.54. The lowest BCUT2D eigenvalue weighted by atomic mass is 9.87. The molecule has 1 heterocycles. The molecule has 0 unspecified atom stereocenters. The summed E-state index contributed by atoms with van der Waals surface area (Å²) < 4.78 is 7.75. The van der Waals surface area contributed by atoms with E-state index in [9.17, 15) is 9.59 Å². The van der Waals surface area contributed by atoms with E-state index >= 15 is 0 Å². The predicted octanol–water partition coefficient (Wildman–Crippen LogP) is 1.83. The maximum absolute atomic E-state index is 12.1. The highest BCUT2D eigenvalue weighted by Gasteiger charge is 2.26. The average Bonchev–Trinajstić information content (AvgIpc) is 2.31. The van der Waals surface area contributed by atoms with Gasteiger partial charge in [0.1, 0.15) is 0 Å². The van der Waals surface area contributed by atoms with E-state index in [1.165, 1.54) is 12.4 Å². The quantitative estimate of drug-likeness (QED) is 0.758. The largest absolute Gasteiger partial charge is 0.289 e. The molecule has 0 aromatic carbocycles. The molecule has 0 saturated carbocycles. The molecule has 0 fully saturated rings. The van der Waals surface area contributed by atoms with Crippen LogP contribution in [0.4, 0.5) is 0 Å². The molecule has 1 aromatic rings. The Bertz CT molecular complexity index is 535. The van der Waals surface area contributed by atoms with Crippen LogP contribution < -0.4 is 0 Å². The summed E-state index contributed by atoms with van der Waals surface area (Å²) in [7, 11) is 0. The number of aromatic nitrogens is 2. The molecule has 4 heteroatoms. The van der Waals surface area contributed by atoms with E-state index in [0.29, 0.717) is 6.42 Å². The molecule has 0 spiro atoms. The number of rotatable bonds is 2. The molecule has 0 radical (unpaired) electrons. The number of carbonyl (C=O) groups is 2. The first-order chi connectivity index (χ1) is 8.02. The van der Waals surface area contributed by atoms with Gasteiger partial charge in [-0.25, -0.2) is 0 Å². The van der Waals surface area contributed by atoms with E-state index < -0.39 is 5.78 Å². The van der Waals surface area contributed by atoms with Crippen molar-refractivity contribution in [3.8, 4) is 0 Å². The summed E-state index contributed by atoms with van der Waals surface area (Å²) >= 11 is 0. The Morgan fingerprint density at radius 2 is 1.88 bits per heavy atom. The number of carbonyl (C=O) groups excluding carboxylic acids is 2. The van der Waals surface area contributed by atoms with Gasteiger partial charge >= 0.3 is 0 Å². The fourth-order valence-electron chi connectivity index (χ4n) is 1.66. The summed E-state index contributed by atoms with van der Waals surface area (Å²) in [5.74, 6) is -0.489. The van der Waals surface area contributed by atoms with E-state index in [1.54, 1.807) is 0 Å². The van der Waals surface area contributed by atoms with Crippen LogP contribution >= 0.6 is 0 Å². The van der Waals surface area contributed by atoms with Crippen LogP contribution in [0.5, 0.6) is 0 Å². The van der Waals surface area contributed by atoms with E-state index in [-0.39, 0.29) is 34.5 Å². The predicted molar refractivity (Wildman–Crippen MR) is 58.2 cm³/mol. The minimum atomic E-state index is -0.440. The van der Waals surface area contributed by atoms with Gasteiger partial charge in [0.25, 0.3) is 0 Å². The Labute approximate surface area is 94.8 Å². The fourth-order valence-corrected chi connectivity index (χ4v) is 1.66. The second-order valence-corrected chi connectivity index (χ2v) is 4.18. The Morgan fingerprint density at radius 3 is 2.50 bits per heavy atom. The van der Waals surface area contributed by atoms with Crippen LogP contribution in [0.1, 0.15) is 42.4 Å². The first-order valence-corrected chi connectivity index (χ1v) is 5.12. The van der Waals surface area contributed by atoms with Crippen LogP contribution in [0, 0.1) is 5.92 Å². The molecule has 2 rings (SSSR count). The summed E-state index contributed by atoms with van der Waals surface area (Å²) in [6.45, 7) is 3.89. The number of allylic oxidation sites excluding steroid dienone is 2. The van der Waals surface area contributed by atoms with Crippen molar-refractivity contribution in [2.45, 2.75) is 20.3 Å². The van der Waals surface area contributed by atoms with Crippen LogP contribution in [-0.4, -0.2) is 21.8 Å². The zero-order valence-corrected chi connectivity index (χ0v) is 9.15. The molecule has 16 heavy (non-hydrogen) atoms. The maximum atomic E-state index is 12.1. The molecule has 0 aliphatic heterocycles. The van der Waals surface area contributed by atoms with Gasteiger partial charge in [-0.05, 0) is 18.4 Å². The minimum absolute atomic E-state index is 0.183. The first kappa shape index (κ1) is 9.39. The molecule has 1 aliphatic rings. The van der Waals surface area contributed by atoms with E-state index in [1.807, 2.05) is 13.8 Å². The first-order valence-electron chi connectivity index (χ1n) is 5.62. The molecular weight excluding hydrogens is 204 g/mol. The molecule has 0 N–H and O–H groups in total. The van der Waals surface area contributed by atoms with Gasteiger partial charge in [-0.2, -0.15) is 10.2 Å². The zero-order chi connectivity index (χ0) is 12.6. The third-order valence-corrected chi connectivity index (χ3v) is 2.37.